The maximum atomic E-state index is 10.7. The van der Waals surface area contributed by atoms with Gasteiger partial charge in [-0.25, -0.2) is 0 Å². The first-order valence-electron chi connectivity index (χ1n) is 4.12. The SMILES string of the molecule is C=CCCCC(CC)C(N)=O. The van der Waals surface area contributed by atoms with Gasteiger partial charge in [-0.1, -0.05) is 13.0 Å². The van der Waals surface area contributed by atoms with Gasteiger partial charge in [-0.2, -0.15) is 0 Å². The van der Waals surface area contributed by atoms with Crippen LogP contribution in [-0.2, 0) is 4.79 Å². The van der Waals surface area contributed by atoms with Crippen molar-refractivity contribution < 1.29 is 4.79 Å². The molecular weight excluding hydrogens is 138 g/mol. The number of carbonyl (C=O) groups is 1. The molecule has 0 aliphatic carbocycles. The highest BCUT2D eigenvalue weighted by Gasteiger charge is 2.10. The van der Waals surface area contributed by atoms with E-state index in [0.717, 1.165) is 25.7 Å². The van der Waals surface area contributed by atoms with E-state index in [1.807, 2.05) is 13.0 Å². The smallest absolute Gasteiger partial charge is 0.220 e. The van der Waals surface area contributed by atoms with E-state index in [4.69, 9.17) is 5.73 Å². The van der Waals surface area contributed by atoms with Crippen LogP contribution in [0.25, 0.3) is 0 Å². The maximum absolute atomic E-state index is 10.7. The van der Waals surface area contributed by atoms with E-state index in [1.54, 1.807) is 0 Å². The number of hydrogen-bond acceptors (Lipinski definition) is 1. The number of allylic oxidation sites excluding steroid dienone is 1. The van der Waals surface area contributed by atoms with Crippen molar-refractivity contribution in [1.82, 2.24) is 0 Å². The molecule has 0 radical (unpaired) electrons. The fourth-order valence-electron chi connectivity index (χ4n) is 1.06. The Kier molecular flexibility index (Phi) is 5.53. The number of hydrogen-bond donors (Lipinski definition) is 1. The third-order valence-electron chi connectivity index (χ3n) is 1.86. The van der Waals surface area contributed by atoms with Crippen LogP contribution in [-0.4, -0.2) is 5.91 Å². The topological polar surface area (TPSA) is 43.1 Å². The second-order valence-corrected chi connectivity index (χ2v) is 2.73. The van der Waals surface area contributed by atoms with E-state index in [-0.39, 0.29) is 11.8 Å². The first kappa shape index (κ1) is 10.2. The summed E-state index contributed by atoms with van der Waals surface area (Å²) in [5, 5.41) is 0. The molecule has 0 saturated carbocycles. The van der Waals surface area contributed by atoms with Gasteiger partial charge in [-0.05, 0) is 25.7 Å². The molecule has 1 atom stereocenters. The van der Waals surface area contributed by atoms with Crippen molar-refractivity contribution in [3.63, 3.8) is 0 Å². The Balaban J connectivity index is 3.52. The zero-order valence-corrected chi connectivity index (χ0v) is 7.18. The van der Waals surface area contributed by atoms with Crippen molar-refractivity contribution in [3.05, 3.63) is 12.7 Å². The van der Waals surface area contributed by atoms with Gasteiger partial charge in [0, 0.05) is 5.92 Å². The number of unbranched alkanes of at least 4 members (excludes halogenated alkanes) is 1. The largest absolute Gasteiger partial charge is 0.369 e. The lowest BCUT2D eigenvalue weighted by Gasteiger charge is -2.08. The summed E-state index contributed by atoms with van der Waals surface area (Å²) in [5.41, 5.74) is 5.16. The molecular formula is C9H17NO. The van der Waals surface area contributed by atoms with E-state index in [1.165, 1.54) is 0 Å². The van der Waals surface area contributed by atoms with E-state index < -0.39 is 0 Å². The summed E-state index contributed by atoms with van der Waals surface area (Å²) < 4.78 is 0. The Labute approximate surface area is 68.5 Å². The van der Waals surface area contributed by atoms with Crippen molar-refractivity contribution >= 4 is 5.91 Å². The van der Waals surface area contributed by atoms with Crippen molar-refractivity contribution in [1.29, 1.82) is 0 Å². The van der Waals surface area contributed by atoms with E-state index in [2.05, 4.69) is 6.58 Å². The molecule has 0 rings (SSSR count). The quantitative estimate of drug-likeness (QED) is 0.461. The summed E-state index contributed by atoms with van der Waals surface area (Å²) in [6.07, 6.45) is 5.62. The monoisotopic (exact) mass is 155 g/mol. The highest BCUT2D eigenvalue weighted by molar-refractivity contribution is 5.76. The van der Waals surface area contributed by atoms with Crippen molar-refractivity contribution in [2.75, 3.05) is 0 Å². The first-order chi connectivity index (χ1) is 5.22. The maximum Gasteiger partial charge on any atom is 0.220 e. The lowest BCUT2D eigenvalue weighted by Crippen LogP contribution is -2.22. The van der Waals surface area contributed by atoms with Gasteiger partial charge in [-0.3, -0.25) is 4.79 Å². The van der Waals surface area contributed by atoms with Crippen LogP contribution in [0.15, 0.2) is 12.7 Å². The molecule has 0 aromatic carbocycles. The number of primary amides is 1. The molecule has 2 nitrogen and oxygen atoms in total. The molecule has 0 aliphatic heterocycles. The van der Waals surface area contributed by atoms with Gasteiger partial charge >= 0.3 is 0 Å². The summed E-state index contributed by atoms with van der Waals surface area (Å²) in [4.78, 5) is 10.7. The van der Waals surface area contributed by atoms with Gasteiger partial charge in [0.05, 0.1) is 0 Å². The van der Waals surface area contributed by atoms with E-state index >= 15 is 0 Å². The summed E-state index contributed by atoms with van der Waals surface area (Å²) in [6.45, 7) is 5.60. The molecule has 2 N–H and O–H groups in total. The van der Waals surface area contributed by atoms with Crippen LogP contribution in [0.5, 0.6) is 0 Å². The number of nitrogens with two attached hydrogens (primary N) is 1. The minimum absolute atomic E-state index is 0.0648. The molecule has 0 aliphatic rings. The zero-order valence-electron chi connectivity index (χ0n) is 7.18. The molecule has 0 aromatic rings. The Morgan fingerprint density at radius 1 is 1.73 bits per heavy atom. The Morgan fingerprint density at radius 2 is 2.36 bits per heavy atom. The van der Waals surface area contributed by atoms with Crippen LogP contribution in [0.3, 0.4) is 0 Å². The molecule has 0 bridgehead atoms. The van der Waals surface area contributed by atoms with Crippen LogP contribution in [0.1, 0.15) is 32.6 Å². The summed E-state index contributed by atoms with van der Waals surface area (Å²) >= 11 is 0. The molecule has 1 amide bonds. The Bertz CT molecular complexity index is 132. The Hall–Kier alpha value is -0.790. The fourth-order valence-corrected chi connectivity index (χ4v) is 1.06. The zero-order chi connectivity index (χ0) is 8.69. The molecule has 11 heavy (non-hydrogen) atoms. The first-order valence-corrected chi connectivity index (χ1v) is 4.12. The molecule has 0 heterocycles. The normalized spacial score (nSPS) is 12.5. The fraction of sp³-hybridized carbons (Fsp3) is 0.667. The molecule has 0 aromatic heterocycles. The van der Waals surface area contributed by atoms with Crippen LogP contribution in [0.2, 0.25) is 0 Å². The molecule has 2 heteroatoms. The summed E-state index contributed by atoms with van der Waals surface area (Å²) in [5.74, 6) is -0.105. The minimum atomic E-state index is -0.170. The predicted octanol–water partition coefficient (Wildman–Crippen LogP) is 1.85. The van der Waals surface area contributed by atoms with Crippen molar-refractivity contribution in [3.8, 4) is 0 Å². The summed E-state index contributed by atoms with van der Waals surface area (Å²) in [7, 11) is 0. The second kappa shape index (κ2) is 5.96. The van der Waals surface area contributed by atoms with Crippen LogP contribution < -0.4 is 5.73 Å². The molecule has 1 unspecified atom stereocenters. The molecule has 64 valence electrons. The van der Waals surface area contributed by atoms with E-state index in [9.17, 15) is 4.79 Å². The number of rotatable bonds is 6. The lowest BCUT2D eigenvalue weighted by molar-refractivity contribution is -0.122. The van der Waals surface area contributed by atoms with Crippen LogP contribution in [0, 0.1) is 5.92 Å². The number of carbonyl (C=O) groups excluding carboxylic acids is 1. The highest BCUT2D eigenvalue weighted by Crippen LogP contribution is 2.11. The third kappa shape index (κ3) is 4.59. The van der Waals surface area contributed by atoms with E-state index in [0.29, 0.717) is 0 Å². The third-order valence-corrected chi connectivity index (χ3v) is 1.86. The van der Waals surface area contributed by atoms with Gasteiger partial charge in [0.15, 0.2) is 0 Å². The van der Waals surface area contributed by atoms with Gasteiger partial charge in [0.25, 0.3) is 0 Å². The number of amides is 1. The summed E-state index contributed by atoms with van der Waals surface area (Å²) in [6, 6.07) is 0. The average molecular weight is 155 g/mol. The average Bonchev–Trinajstić information content (AvgIpc) is 1.97. The van der Waals surface area contributed by atoms with Gasteiger partial charge < -0.3 is 5.73 Å². The van der Waals surface area contributed by atoms with Crippen LogP contribution >= 0.6 is 0 Å². The standard InChI is InChI=1S/C9H17NO/c1-3-5-6-7-8(4-2)9(10)11/h3,8H,1,4-7H2,2H3,(H2,10,11). The van der Waals surface area contributed by atoms with Gasteiger partial charge in [0.1, 0.15) is 0 Å². The minimum Gasteiger partial charge on any atom is -0.369 e. The second-order valence-electron chi connectivity index (χ2n) is 2.73. The predicted molar refractivity (Wildman–Crippen MR) is 47.0 cm³/mol. The molecule has 0 spiro atoms. The lowest BCUT2D eigenvalue weighted by atomic mass is 9.99. The molecule has 0 fully saturated rings. The van der Waals surface area contributed by atoms with Gasteiger partial charge in [0.2, 0.25) is 5.91 Å². The van der Waals surface area contributed by atoms with Crippen LogP contribution in [0.4, 0.5) is 0 Å². The van der Waals surface area contributed by atoms with Crippen molar-refractivity contribution in [2.24, 2.45) is 11.7 Å². The molecule has 0 saturated heterocycles. The Morgan fingerprint density at radius 3 is 2.73 bits per heavy atom. The highest BCUT2D eigenvalue weighted by atomic mass is 16.1. The van der Waals surface area contributed by atoms with Gasteiger partial charge in [-0.15, -0.1) is 6.58 Å². The van der Waals surface area contributed by atoms with Crippen molar-refractivity contribution in [2.45, 2.75) is 32.6 Å².